The summed E-state index contributed by atoms with van der Waals surface area (Å²) in [4.78, 5) is 10.9. The van der Waals surface area contributed by atoms with Crippen molar-refractivity contribution in [3.8, 4) is 11.8 Å². The number of hydrogen-bond acceptors (Lipinski definition) is 6. The van der Waals surface area contributed by atoms with E-state index in [0.717, 1.165) is 0 Å². The number of nitrogens with zero attached hydrogens (tertiary/aromatic N) is 3. The Morgan fingerprint density at radius 1 is 1.39 bits per heavy atom. The van der Waals surface area contributed by atoms with Crippen LogP contribution < -0.4 is 20.1 Å². The lowest BCUT2D eigenvalue weighted by atomic mass is 10.2. The van der Waals surface area contributed by atoms with Crippen molar-refractivity contribution in [2.75, 3.05) is 26.2 Å². The minimum Gasteiger partial charge on any atom is -0.481 e. The number of ether oxygens (including phenoxy) is 2. The molecule has 1 aromatic rings. The quantitative estimate of drug-likeness (QED) is 0.773. The molecule has 7 heteroatoms. The van der Waals surface area contributed by atoms with Gasteiger partial charge in [0.05, 0.1) is 25.3 Å². The van der Waals surface area contributed by atoms with Crippen LogP contribution in [0.5, 0.6) is 11.8 Å². The minimum atomic E-state index is 0.0966. The minimum absolute atomic E-state index is 0.0966. The van der Waals surface area contributed by atoms with E-state index in [1.165, 1.54) is 0 Å². The summed E-state index contributed by atoms with van der Waals surface area (Å²) < 4.78 is 10.2. The second-order valence-electron chi connectivity index (χ2n) is 3.88. The van der Waals surface area contributed by atoms with Gasteiger partial charge in [-0.25, -0.2) is 0 Å². The van der Waals surface area contributed by atoms with E-state index >= 15 is 0 Å². The maximum Gasteiger partial charge on any atom is 0.231 e. The predicted octanol–water partition coefficient (Wildman–Crippen LogP) is 0.995. The molecule has 0 aliphatic rings. The number of aromatic nitrogens is 2. The van der Waals surface area contributed by atoms with Crippen LogP contribution in [0.25, 0.3) is 0 Å². The molecule has 0 spiro atoms. The molecule has 2 N–H and O–H groups in total. The van der Waals surface area contributed by atoms with Crippen molar-refractivity contribution in [1.29, 1.82) is 0 Å². The maximum absolute atomic E-state index is 5.54. The Balaban J connectivity index is 2.96. The number of thiocarbonyl (C=S) groups is 1. The Bertz CT molecular complexity index is 405. The Labute approximate surface area is 112 Å². The van der Waals surface area contributed by atoms with Crippen LogP contribution in [-0.2, 0) is 0 Å². The third-order valence-corrected chi connectivity index (χ3v) is 2.73. The molecule has 1 aromatic heterocycles. The number of nitrogens with two attached hydrogens (primary N) is 1. The molecule has 1 heterocycles. The summed E-state index contributed by atoms with van der Waals surface area (Å²) in [6.07, 6.45) is 0.592. The number of anilines is 1. The highest BCUT2D eigenvalue weighted by atomic mass is 32.1. The Hall–Kier alpha value is -1.63. The van der Waals surface area contributed by atoms with Crippen LogP contribution in [0.15, 0.2) is 6.07 Å². The van der Waals surface area contributed by atoms with Crippen molar-refractivity contribution in [2.45, 2.75) is 19.4 Å². The SMILES string of the molecule is COc1cc(OC)nc(N(C)C(C)CC(N)=S)n1. The fraction of sp³-hybridized carbons (Fsp3) is 0.545. The van der Waals surface area contributed by atoms with Crippen LogP contribution >= 0.6 is 12.2 Å². The van der Waals surface area contributed by atoms with E-state index in [-0.39, 0.29) is 6.04 Å². The lowest BCUT2D eigenvalue weighted by Gasteiger charge is -2.24. The fourth-order valence-electron chi connectivity index (χ4n) is 1.38. The smallest absolute Gasteiger partial charge is 0.231 e. The van der Waals surface area contributed by atoms with Gasteiger partial charge in [-0.15, -0.1) is 0 Å². The summed E-state index contributed by atoms with van der Waals surface area (Å²) in [6.45, 7) is 1.99. The highest BCUT2D eigenvalue weighted by molar-refractivity contribution is 7.80. The molecule has 0 radical (unpaired) electrons. The van der Waals surface area contributed by atoms with E-state index in [1.54, 1.807) is 20.3 Å². The van der Waals surface area contributed by atoms with Crippen LogP contribution in [0.3, 0.4) is 0 Å². The van der Waals surface area contributed by atoms with Crippen molar-refractivity contribution in [2.24, 2.45) is 5.73 Å². The summed E-state index contributed by atoms with van der Waals surface area (Å²) in [6, 6.07) is 1.72. The van der Waals surface area contributed by atoms with Gasteiger partial charge in [-0.05, 0) is 6.92 Å². The zero-order valence-electron chi connectivity index (χ0n) is 11.0. The Morgan fingerprint density at radius 3 is 2.28 bits per heavy atom. The lowest BCUT2D eigenvalue weighted by molar-refractivity contribution is 0.371. The molecular formula is C11H18N4O2S. The molecule has 1 rings (SSSR count). The van der Waals surface area contributed by atoms with Crippen LogP contribution in [0, 0.1) is 0 Å². The van der Waals surface area contributed by atoms with E-state index in [4.69, 9.17) is 27.4 Å². The molecule has 0 saturated heterocycles. The van der Waals surface area contributed by atoms with Gasteiger partial charge in [0.2, 0.25) is 17.7 Å². The number of methoxy groups -OCH3 is 2. The number of rotatable bonds is 6. The van der Waals surface area contributed by atoms with Crippen LogP contribution in [0.2, 0.25) is 0 Å². The molecule has 100 valence electrons. The van der Waals surface area contributed by atoms with Crippen LogP contribution in [0.1, 0.15) is 13.3 Å². The van der Waals surface area contributed by atoms with Gasteiger partial charge in [0.15, 0.2) is 0 Å². The summed E-state index contributed by atoms with van der Waals surface area (Å²) in [7, 11) is 4.96. The summed E-state index contributed by atoms with van der Waals surface area (Å²) in [5.74, 6) is 1.41. The third-order valence-electron chi connectivity index (χ3n) is 2.56. The normalized spacial score (nSPS) is 11.8. The van der Waals surface area contributed by atoms with Gasteiger partial charge in [0.1, 0.15) is 0 Å². The zero-order valence-corrected chi connectivity index (χ0v) is 11.8. The molecule has 1 unspecified atom stereocenters. The Morgan fingerprint density at radius 2 is 1.89 bits per heavy atom. The first-order valence-electron chi connectivity index (χ1n) is 5.46. The average molecular weight is 270 g/mol. The van der Waals surface area contributed by atoms with E-state index in [9.17, 15) is 0 Å². The first kappa shape index (κ1) is 14.4. The van der Waals surface area contributed by atoms with Gasteiger partial charge < -0.3 is 20.1 Å². The molecule has 0 aromatic carbocycles. The van der Waals surface area contributed by atoms with Gasteiger partial charge in [0, 0.05) is 19.5 Å². The molecule has 0 amide bonds. The monoisotopic (exact) mass is 270 g/mol. The van der Waals surface area contributed by atoms with Crippen LogP contribution in [0.4, 0.5) is 5.95 Å². The van der Waals surface area contributed by atoms with Gasteiger partial charge in [-0.1, -0.05) is 12.2 Å². The molecule has 0 aliphatic heterocycles. The van der Waals surface area contributed by atoms with Crippen molar-refractivity contribution < 1.29 is 9.47 Å². The first-order valence-corrected chi connectivity index (χ1v) is 5.87. The zero-order chi connectivity index (χ0) is 13.7. The molecular weight excluding hydrogens is 252 g/mol. The summed E-state index contributed by atoms with van der Waals surface area (Å²) >= 11 is 4.90. The van der Waals surface area contributed by atoms with Crippen molar-refractivity contribution in [3.63, 3.8) is 0 Å². The predicted molar refractivity (Wildman–Crippen MR) is 74.4 cm³/mol. The topological polar surface area (TPSA) is 73.5 Å². The summed E-state index contributed by atoms with van der Waals surface area (Å²) in [5, 5.41) is 0. The third kappa shape index (κ3) is 3.69. The van der Waals surface area contributed by atoms with Crippen molar-refractivity contribution in [3.05, 3.63) is 6.07 Å². The molecule has 0 saturated carbocycles. The molecule has 6 nitrogen and oxygen atoms in total. The van der Waals surface area contributed by atoms with Gasteiger partial charge in [0.25, 0.3) is 0 Å². The molecule has 0 fully saturated rings. The largest absolute Gasteiger partial charge is 0.481 e. The van der Waals surface area contributed by atoms with Gasteiger partial charge in [-0.2, -0.15) is 9.97 Å². The molecule has 1 atom stereocenters. The maximum atomic E-state index is 5.54. The fourth-order valence-corrected chi connectivity index (χ4v) is 1.63. The second kappa shape index (κ2) is 6.34. The second-order valence-corrected chi connectivity index (χ2v) is 4.41. The lowest BCUT2D eigenvalue weighted by Crippen LogP contribution is -2.33. The highest BCUT2D eigenvalue weighted by Gasteiger charge is 2.16. The molecule has 0 aliphatic carbocycles. The molecule has 18 heavy (non-hydrogen) atoms. The summed E-state index contributed by atoms with van der Waals surface area (Å²) in [5.41, 5.74) is 5.54. The standard InChI is InChI=1S/C11H18N4O2S/c1-7(5-8(12)18)15(2)11-13-9(16-3)6-10(14-11)17-4/h6-7H,5H2,1-4H3,(H2,12,18). The molecule has 0 bridgehead atoms. The number of hydrogen-bond donors (Lipinski definition) is 1. The van der Waals surface area contributed by atoms with Crippen molar-refractivity contribution >= 4 is 23.2 Å². The van der Waals surface area contributed by atoms with Crippen LogP contribution in [-0.4, -0.2) is 42.3 Å². The first-order chi connectivity index (χ1) is 8.47. The average Bonchev–Trinajstić information content (AvgIpc) is 2.36. The van der Waals surface area contributed by atoms with Gasteiger partial charge in [-0.3, -0.25) is 0 Å². The van der Waals surface area contributed by atoms with E-state index in [2.05, 4.69) is 9.97 Å². The van der Waals surface area contributed by atoms with E-state index < -0.39 is 0 Å². The van der Waals surface area contributed by atoms with E-state index in [1.807, 2.05) is 18.9 Å². The highest BCUT2D eigenvalue weighted by Crippen LogP contribution is 2.21. The van der Waals surface area contributed by atoms with E-state index in [0.29, 0.717) is 29.1 Å². The van der Waals surface area contributed by atoms with Crippen molar-refractivity contribution in [1.82, 2.24) is 9.97 Å². The van der Waals surface area contributed by atoms with Gasteiger partial charge >= 0.3 is 0 Å². The Kier molecular flexibility index (Phi) is 5.08.